The molecule has 0 aliphatic heterocycles. The molecule has 0 aromatic heterocycles. The molecule has 2 aromatic carbocycles. The summed E-state index contributed by atoms with van der Waals surface area (Å²) in [7, 11) is 1.60. The molecule has 122 valence electrons. The Morgan fingerprint density at radius 2 is 1.39 bits per heavy atom. The van der Waals surface area contributed by atoms with Gasteiger partial charge in [0.1, 0.15) is 11.5 Å². The van der Waals surface area contributed by atoms with Crippen molar-refractivity contribution in [3.63, 3.8) is 0 Å². The number of aromatic hydroxyl groups is 1. The number of hydrogen-bond donors (Lipinski definition) is 1. The Hall–Kier alpha value is -2.29. The van der Waals surface area contributed by atoms with E-state index in [0.717, 1.165) is 16.9 Å². The second-order valence-electron chi connectivity index (χ2n) is 6.37. The maximum Gasteiger partial charge on any atom is 0.193 e. The van der Waals surface area contributed by atoms with Crippen LogP contribution in [-0.2, 0) is 0 Å². The normalized spacial score (nSPS) is 11.1. The van der Waals surface area contributed by atoms with Crippen molar-refractivity contribution in [2.24, 2.45) is 0 Å². The fraction of sp³-hybridized carbons (Fsp3) is 0.350. The topological polar surface area (TPSA) is 46.5 Å². The van der Waals surface area contributed by atoms with Crippen molar-refractivity contribution in [1.29, 1.82) is 0 Å². The summed E-state index contributed by atoms with van der Waals surface area (Å²) in [6.07, 6.45) is 0. The number of phenolic OH excluding ortho intramolecular Hbond substituents is 1. The second kappa shape index (κ2) is 6.86. The van der Waals surface area contributed by atoms with Crippen LogP contribution in [0.25, 0.3) is 0 Å². The molecular formula is C20H24O3. The first-order valence-electron chi connectivity index (χ1n) is 7.90. The van der Waals surface area contributed by atoms with E-state index in [9.17, 15) is 9.90 Å². The zero-order valence-electron chi connectivity index (χ0n) is 14.4. The number of phenols is 1. The van der Waals surface area contributed by atoms with Crippen molar-refractivity contribution in [2.75, 3.05) is 7.11 Å². The number of ketones is 1. The van der Waals surface area contributed by atoms with Gasteiger partial charge in [0.2, 0.25) is 0 Å². The lowest BCUT2D eigenvalue weighted by Gasteiger charge is -2.17. The van der Waals surface area contributed by atoms with Crippen LogP contribution in [0.5, 0.6) is 11.5 Å². The minimum Gasteiger partial charge on any atom is -0.507 e. The third-order valence-electron chi connectivity index (χ3n) is 4.03. The van der Waals surface area contributed by atoms with Crippen molar-refractivity contribution in [2.45, 2.75) is 39.5 Å². The van der Waals surface area contributed by atoms with Gasteiger partial charge < -0.3 is 9.84 Å². The van der Waals surface area contributed by atoms with E-state index in [0.29, 0.717) is 16.9 Å². The lowest BCUT2D eigenvalue weighted by atomic mass is 9.89. The molecule has 0 saturated heterocycles. The third-order valence-corrected chi connectivity index (χ3v) is 4.03. The molecule has 3 nitrogen and oxygen atoms in total. The zero-order valence-corrected chi connectivity index (χ0v) is 14.4. The van der Waals surface area contributed by atoms with Crippen molar-refractivity contribution >= 4 is 5.78 Å². The molecule has 2 rings (SSSR count). The first kappa shape index (κ1) is 17.1. The number of hydrogen-bond acceptors (Lipinski definition) is 3. The van der Waals surface area contributed by atoms with Crippen LogP contribution < -0.4 is 4.74 Å². The predicted molar refractivity (Wildman–Crippen MR) is 92.7 cm³/mol. The molecule has 0 unspecified atom stereocenters. The monoisotopic (exact) mass is 312 g/mol. The van der Waals surface area contributed by atoms with E-state index in [4.69, 9.17) is 4.74 Å². The molecule has 3 heteroatoms. The third kappa shape index (κ3) is 3.55. The number of benzene rings is 2. The van der Waals surface area contributed by atoms with Crippen molar-refractivity contribution in [3.05, 3.63) is 58.7 Å². The Balaban J connectivity index is 2.50. The van der Waals surface area contributed by atoms with Gasteiger partial charge in [0.05, 0.1) is 7.11 Å². The number of carbonyl (C=O) groups is 1. The van der Waals surface area contributed by atoms with Crippen LogP contribution in [0, 0.1) is 0 Å². The Kier molecular flexibility index (Phi) is 5.09. The van der Waals surface area contributed by atoms with E-state index < -0.39 is 0 Å². The van der Waals surface area contributed by atoms with Gasteiger partial charge in [0.15, 0.2) is 5.78 Å². The van der Waals surface area contributed by atoms with Crippen LogP contribution in [0.4, 0.5) is 0 Å². The van der Waals surface area contributed by atoms with Crippen LogP contribution in [0.3, 0.4) is 0 Å². The summed E-state index contributed by atoms with van der Waals surface area (Å²) in [5.74, 6) is 1.28. The second-order valence-corrected chi connectivity index (χ2v) is 6.37. The predicted octanol–water partition coefficient (Wildman–Crippen LogP) is 4.88. The number of rotatable bonds is 5. The van der Waals surface area contributed by atoms with Crippen LogP contribution in [0.2, 0.25) is 0 Å². The lowest BCUT2D eigenvalue weighted by molar-refractivity contribution is 0.103. The van der Waals surface area contributed by atoms with E-state index in [1.165, 1.54) is 0 Å². The maximum absolute atomic E-state index is 12.8. The lowest BCUT2D eigenvalue weighted by Crippen LogP contribution is -2.05. The molecule has 0 heterocycles. The van der Waals surface area contributed by atoms with Gasteiger partial charge in [-0.15, -0.1) is 0 Å². The van der Waals surface area contributed by atoms with Gasteiger partial charge in [-0.1, -0.05) is 27.7 Å². The van der Waals surface area contributed by atoms with Gasteiger partial charge in [-0.2, -0.15) is 0 Å². The first-order chi connectivity index (χ1) is 10.8. The average molecular weight is 312 g/mol. The molecule has 0 aliphatic carbocycles. The molecule has 23 heavy (non-hydrogen) atoms. The van der Waals surface area contributed by atoms with Crippen molar-refractivity contribution < 1.29 is 14.6 Å². The van der Waals surface area contributed by atoms with E-state index in [2.05, 4.69) is 0 Å². The van der Waals surface area contributed by atoms with Gasteiger partial charge in [-0.3, -0.25) is 4.79 Å². The molecule has 0 amide bonds. The highest BCUT2D eigenvalue weighted by atomic mass is 16.5. The molecule has 0 saturated carbocycles. The summed E-state index contributed by atoms with van der Waals surface area (Å²) in [6, 6.07) is 10.7. The number of carbonyl (C=O) groups excluding carboxylic acids is 1. The summed E-state index contributed by atoms with van der Waals surface area (Å²) in [5.41, 5.74) is 2.85. The van der Waals surface area contributed by atoms with Gasteiger partial charge in [-0.05, 0) is 59.4 Å². The molecule has 0 fully saturated rings. The smallest absolute Gasteiger partial charge is 0.193 e. The Morgan fingerprint density at radius 3 is 1.78 bits per heavy atom. The zero-order chi connectivity index (χ0) is 17.1. The maximum atomic E-state index is 12.8. The van der Waals surface area contributed by atoms with Crippen molar-refractivity contribution in [1.82, 2.24) is 0 Å². The van der Waals surface area contributed by atoms with Gasteiger partial charge in [0, 0.05) is 11.1 Å². The Labute approximate surface area is 137 Å². The molecule has 0 bridgehead atoms. The fourth-order valence-electron chi connectivity index (χ4n) is 2.60. The van der Waals surface area contributed by atoms with E-state index in [-0.39, 0.29) is 17.6 Å². The van der Waals surface area contributed by atoms with Gasteiger partial charge >= 0.3 is 0 Å². The summed E-state index contributed by atoms with van der Waals surface area (Å²) in [4.78, 5) is 12.8. The minimum atomic E-state index is -0.0450. The Morgan fingerprint density at radius 1 is 0.913 bits per heavy atom. The molecule has 0 aliphatic rings. The molecule has 0 atom stereocenters. The molecule has 0 radical (unpaired) electrons. The quantitative estimate of drug-likeness (QED) is 0.800. The summed E-state index contributed by atoms with van der Waals surface area (Å²) >= 11 is 0. The fourth-order valence-corrected chi connectivity index (χ4v) is 2.60. The van der Waals surface area contributed by atoms with Crippen LogP contribution >= 0.6 is 0 Å². The highest BCUT2D eigenvalue weighted by molar-refractivity contribution is 6.09. The highest BCUT2D eigenvalue weighted by Crippen LogP contribution is 2.35. The summed E-state index contributed by atoms with van der Waals surface area (Å²) < 4.78 is 5.13. The highest BCUT2D eigenvalue weighted by Gasteiger charge is 2.19. The van der Waals surface area contributed by atoms with E-state index in [1.807, 2.05) is 27.7 Å². The van der Waals surface area contributed by atoms with Crippen LogP contribution in [0.1, 0.15) is 66.6 Å². The van der Waals surface area contributed by atoms with Crippen LogP contribution in [-0.4, -0.2) is 18.0 Å². The van der Waals surface area contributed by atoms with E-state index in [1.54, 1.807) is 43.5 Å². The SMILES string of the molecule is COc1ccc(C(=O)c2cc(C(C)C)c(O)c(C(C)C)c2)cc1. The Bertz CT molecular complexity index is 668. The molecule has 1 N–H and O–H groups in total. The van der Waals surface area contributed by atoms with Gasteiger partial charge in [0.25, 0.3) is 0 Å². The first-order valence-corrected chi connectivity index (χ1v) is 7.90. The van der Waals surface area contributed by atoms with Crippen LogP contribution in [0.15, 0.2) is 36.4 Å². The van der Waals surface area contributed by atoms with E-state index >= 15 is 0 Å². The minimum absolute atomic E-state index is 0.0450. The largest absolute Gasteiger partial charge is 0.507 e. The number of methoxy groups -OCH3 is 1. The summed E-state index contributed by atoms with van der Waals surface area (Å²) in [5, 5.41) is 10.4. The van der Waals surface area contributed by atoms with Gasteiger partial charge in [-0.25, -0.2) is 0 Å². The standard InChI is InChI=1S/C20H24O3/c1-12(2)17-10-15(11-18(13(3)4)20(17)22)19(21)14-6-8-16(23-5)9-7-14/h6-13,22H,1-5H3. The number of ether oxygens (including phenoxy) is 1. The summed E-state index contributed by atoms with van der Waals surface area (Å²) in [6.45, 7) is 8.06. The van der Waals surface area contributed by atoms with Crippen molar-refractivity contribution in [3.8, 4) is 11.5 Å². The molecule has 0 spiro atoms. The molecular weight excluding hydrogens is 288 g/mol. The molecule has 2 aromatic rings. The average Bonchev–Trinajstić information content (AvgIpc) is 2.54.